The zero-order chi connectivity index (χ0) is 18.4. The van der Waals surface area contributed by atoms with Crippen LogP contribution in [0.25, 0.3) is 0 Å². The quantitative estimate of drug-likeness (QED) is 0.888. The number of amides is 1. The molecule has 7 heteroatoms. The topological polar surface area (TPSA) is 81.3 Å². The molecule has 0 aliphatic carbocycles. The number of hydrogen-bond acceptors (Lipinski definition) is 5. The molecule has 1 fully saturated rings. The second kappa shape index (κ2) is 8.60. The number of nitrogens with zero attached hydrogens (tertiary/aromatic N) is 3. The standard InChI is InChI=1S/C19H23FN4O2/c20-16-5-1-2-6-17(16)26-13-19(25)24-8-3-4-14(7-9-24)10-15-11-23-18(21)12-22-15/h1-2,5-6,11-12,14H,3-4,7-10,13H2,(H2,21,23)/t14-/m0/s1. The molecule has 138 valence electrons. The Morgan fingerprint density at radius 2 is 2.08 bits per heavy atom. The molecule has 1 aromatic carbocycles. The lowest BCUT2D eigenvalue weighted by molar-refractivity contribution is -0.133. The number of ether oxygens (including phenoxy) is 1. The Balaban J connectivity index is 1.49. The van der Waals surface area contributed by atoms with Gasteiger partial charge in [-0.3, -0.25) is 9.78 Å². The molecule has 1 aliphatic heterocycles. The average Bonchev–Trinajstić information content (AvgIpc) is 2.88. The Bertz CT molecular complexity index is 739. The Morgan fingerprint density at radius 1 is 1.23 bits per heavy atom. The molecule has 0 saturated carbocycles. The molecule has 26 heavy (non-hydrogen) atoms. The van der Waals surface area contributed by atoms with E-state index in [0.717, 1.165) is 31.4 Å². The van der Waals surface area contributed by atoms with Crippen LogP contribution in [0, 0.1) is 11.7 Å². The number of carbonyl (C=O) groups is 1. The number of nitrogens with two attached hydrogens (primary N) is 1. The summed E-state index contributed by atoms with van der Waals surface area (Å²) in [6.07, 6.45) is 6.98. The summed E-state index contributed by atoms with van der Waals surface area (Å²) in [5, 5.41) is 0. The van der Waals surface area contributed by atoms with Crippen LogP contribution in [0.15, 0.2) is 36.7 Å². The molecule has 1 amide bonds. The van der Waals surface area contributed by atoms with Crippen LogP contribution in [0.2, 0.25) is 0 Å². The Morgan fingerprint density at radius 3 is 2.85 bits per heavy atom. The predicted octanol–water partition coefficient (Wildman–Crippen LogP) is 2.45. The molecule has 0 bridgehead atoms. The maximum Gasteiger partial charge on any atom is 0.260 e. The lowest BCUT2D eigenvalue weighted by Gasteiger charge is -2.21. The highest BCUT2D eigenvalue weighted by atomic mass is 19.1. The fourth-order valence-electron chi connectivity index (χ4n) is 3.18. The summed E-state index contributed by atoms with van der Waals surface area (Å²) in [5.74, 6) is 0.414. The minimum Gasteiger partial charge on any atom is -0.481 e. The molecule has 0 radical (unpaired) electrons. The van der Waals surface area contributed by atoms with Crippen molar-refractivity contribution in [3.05, 3.63) is 48.2 Å². The summed E-state index contributed by atoms with van der Waals surface area (Å²) in [5.41, 5.74) is 6.49. The van der Waals surface area contributed by atoms with Crippen LogP contribution in [0.3, 0.4) is 0 Å². The Labute approximate surface area is 152 Å². The van der Waals surface area contributed by atoms with Crippen LogP contribution in [-0.2, 0) is 11.2 Å². The number of likely N-dealkylation sites (tertiary alicyclic amines) is 1. The highest BCUT2D eigenvalue weighted by molar-refractivity contribution is 5.77. The van der Waals surface area contributed by atoms with E-state index in [1.807, 2.05) is 0 Å². The number of carbonyl (C=O) groups excluding carboxylic acids is 1. The van der Waals surface area contributed by atoms with Gasteiger partial charge >= 0.3 is 0 Å². The number of rotatable bonds is 5. The van der Waals surface area contributed by atoms with Gasteiger partial charge in [-0.25, -0.2) is 9.37 Å². The van der Waals surface area contributed by atoms with Crippen molar-refractivity contribution in [2.75, 3.05) is 25.4 Å². The van der Waals surface area contributed by atoms with E-state index in [1.165, 1.54) is 12.1 Å². The van der Waals surface area contributed by atoms with Crippen LogP contribution in [0.1, 0.15) is 25.0 Å². The highest BCUT2D eigenvalue weighted by Gasteiger charge is 2.21. The van der Waals surface area contributed by atoms with E-state index in [-0.39, 0.29) is 18.3 Å². The largest absolute Gasteiger partial charge is 0.481 e. The van der Waals surface area contributed by atoms with Crippen LogP contribution >= 0.6 is 0 Å². The maximum absolute atomic E-state index is 13.6. The third-order valence-corrected chi connectivity index (χ3v) is 4.61. The predicted molar refractivity (Wildman–Crippen MR) is 96.0 cm³/mol. The van der Waals surface area contributed by atoms with Crippen LogP contribution in [0.4, 0.5) is 10.2 Å². The van der Waals surface area contributed by atoms with Gasteiger partial charge in [0, 0.05) is 13.1 Å². The fraction of sp³-hybridized carbons (Fsp3) is 0.421. The van der Waals surface area contributed by atoms with Crippen molar-refractivity contribution in [1.82, 2.24) is 14.9 Å². The van der Waals surface area contributed by atoms with E-state index in [2.05, 4.69) is 9.97 Å². The van der Waals surface area contributed by atoms with E-state index in [1.54, 1.807) is 29.4 Å². The molecule has 1 aromatic heterocycles. The minimum absolute atomic E-state index is 0.107. The molecule has 0 unspecified atom stereocenters. The first-order chi connectivity index (χ1) is 12.6. The minimum atomic E-state index is -0.458. The average molecular weight is 358 g/mol. The number of benzene rings is 1. The number of aromatic nitrogens is 2. The molecule has 2 aromatic rings. The first-order valence-corrected chi connectivity index (χ1v) is 8.83. The molecule has 0 spiro atoms. The summed E-state index contributed by atoms with van der Waals surface area (Å²) in [6, 6.07) is 6.11. The van der Waals surface area contributed by atoms with Gasteiger partial charge in [0.1, 0.15) is 5.82 Å². The molecule has 2 heterocycles. The second-order valence-electron chi connectivity index (χ2n) is 6.53. The Kier molecular flexibility index (Phi) is 5.99. The molecule has 1 atom stereocenters. The summed E-state index contributed by atoms with van der Waals surface area (Å²) >= 11 is 0. The fourth-order valence-corrected chi connectivity index (χ4v) is 3.18. The van der Waals surface area contributed by atoms with Crippen molar-refractivity contribution in [2.45, 2.75) is 25.7 Å². The van der Waals surface area contributed by atoms with Crippen LogP contribution in [0.5, 0.6) is 5.75 Å². The smallest absolute Gasteiger partial charge is 0.260 e. The van der Waals surface area contributed by atoms with Gasteiger partial charge < -0.3 is 15.4 Å². The van der Waals surface area contributed by atoms with Crippen LogP contribution < -0.4 is 10.5 Å². The number of para-hydroxylation sites is 1. The summed E-state index contributed by atoms with van der Waals surface area (Å²) in [7, 11) is 0. The zero-order valence-corrected chi connectivity index (χ0v) is 14.6. The molecule has 2 N–H and O–H groups in total. The highest BCUT2D eigenvalue weighted by Crippen LogP contribution is 2.22. The van der Waals surface area contributed by atoms with Crippen molar-refractivity contribution >= 4 is 11.7 Å². The molecule has 6 nitrogen and oxygen atoms in total. The van der Waals surface area contributed by atoms with Gasteiger partial charge in [0.15, 0.2) is 18.2 Å². The number of halogens is 1. The number of nitrogen functional groups attached to an aromatic ring is 1. The molecular formula is C19H23FN4O2. The van der Waals surface area contributed by atoms with E-state index in [4.69, 9.17) is 10.5 Å². The van der Waals surface area contributed by atoms with Gasteiger partial charge in [0.2, 0.25) is 0 Å². The van der Waals surface area contributed by atoms with Crippen molar-refractivity contribution < 1.29 is 13.9 Å². The molecule has 1 saturated heterocycles. The lowest BCUT2D eigenvalue weighted by Crippen LogP contribution is -2.35. The van der Waals surface area contributed by atoms with Crippen molar-refractivity contribution in [1.29, 1.82) is 0 Å². The van der Waals surface area contributed by atoms with Gasteiger partial charge in [0.05, 0.1) is 18.1 Å². The Hall–Kier alpha value is -2.70. The number of hydrogen-bond donors (Lipinski definition) is 1. The molecule has 3 rings (SSSR count). The first kappa shape index (κ1) is 18.1. The van der Waals surface area contributed by atoms with Crippen molar-refractivity contribution in [3.8, 4) is 5.75 Å². The first-order valence-electron chi connectivity index (χ1n) is 8.83. The summed E-state index contributed by atoms with van der Waals surface area (Å²) in [6.45, 7) is 1.23. The van der Waals surface area contributed by atoms with Gasteiger partial charge in [-0.2, -0.15) is 0 Å². The van der Waals surface area contributed by atoms with E-state index < -0.39 is 5.82 Å². The van der Waals surface area contributed by atoms with Gasteiger partial charge in [-0.1, -0.05) is 12.1 Å². The van der Waals surface area contributed by atoms with Crippen molar-refractivity contribution in [3.63, 3.8) is 0 Å². The summed E-state index contributed by atoms with van der Waals surface area (Å²) < 4.78 is 18.9. The van der Waals surface area contributed by atoms with Gasteiger partial charge in [0.25, 0.3) is 5.91 Å². The molecule has 1 aliphatic rings. The second-order valence-corrected chi connectivity index (χ2v) is 6.53. The zero-order valence-electron chi connectivity index (χ0n) is 14.6. The molecular weight excluding hydrogens is 335 g/mol. The number of anilines is 1. The SMILES string of the molecule is Nc1cnc(C[C@H]2CCCN(C(=O)COc3ccccc3F)CC2)cn1. The normalized spacial score (nSPS) is 17.6. The third kappa shape index (κ3) is 4.91. The van der Waals surface area contributed by atoms with E-state index >= 15 is 0 Å². The van der Waals surface area contributed by atoms with Crippen molar-refractivity contribution in [2.24, 2.45) is 5.92 Å². The van der Waals surface area contributed by atoms with Gasteiger partial charge in [-0.05, 0) is 43.7 Å². The maximum atomic E-state index is 13.6. The lowest BCUT2D eigenvalue weighted by atomic mass is 9.95. The third-order valence-electron chi connectivity index (χ3n) is 4.61. The summed E-state index contributed by atoms with van der Waals surface area (Å²) in [4.78, 5) is 22.6. The van der Waals surface area contributed by atoms with E-state index in [9.17, 15) is 9.18 Å². The van der Waals surface area contributed by atoms with Crippen LogP contribution in [-0.4, -0.2) is 40.5 Å². The monoisotopic (exact) mass is 358 g/mol. The van der Waals surface area contributed by atoms with Gasteiger partial charge in [-0.15, -0.1) is 0 Å². The van der Waals surface area contributed by atoms with E-state index in [0.29, 0.717) is 24.8 Å².